The van der Waals surface area contributed by atoms with Gasteiger partial charge in [-0.2, -0.15) is 26.3 Å². The van der Waals surface area contributed by atoms with Gasteiger partial charge in [-0.05, 0) is 37.2 Å². The van der Waals surface area contributed by atoms with Crippen molar-refractivity contribution in [2.24, 2.45) is 5.41 Å². The van der Waals surface area contributed by atoms with E-state index in [-0.39, 0.29) is 5.41 Å². The smallest absolute Gasteiger partial charge is 0.389 e. The highest BCUT2D eigenvalue weighted by Gasteiger charge is 2.70. The predicted molar refractivity (Wildman–Crippen MR) is 77.2 cm³/mol. The summed E-state index contributed by atoms with van der Waals surface area (Å²) in [7, 11) is 0. The van der Waals surface area contributed by atoms with Crippen LogP contribution in [-0.4, -0.2) is 34.3 Å². The van der Waals surface area contributed by atoms with E-state index in [1.54, 1.807) is 0 Å². The zero-order valence-corrected chi connectivity index (χ0v) is 13.7. The van der Waals surface area contributed by atoms with Crippen LogP contribution in [0, 0.1) is 5.41 Å². The average Bonchev–Trinajstić information content (AvgIpc) is 2.34. The molecule has 0 radical (unpaired) electrons. The zero-order chi connectivity index (χ0) is 19.0. The summed E-state index contributed by atoms with van der Waals surface area (Å²) < 4.78 is 75.8. The van der Waals surface area contributed by atoms with Crippen LogP contribution in [0.4, 0.5) is 26.3 Å². The molecule has 24 heavy (non-hydrogen) atoms. The third-order valence-electron chi connectivity index (χ3n) is 4.47. The molecule has 1 atom stereocenters. The van der Waals surface area contributed by atoms with Crippen LogP contribution in [0.3, 0.4) is 0 Å². The summed E-state index contributed by atoms with van der Waals surface area (Å²) in [6, 6.07) is 0. The van der Waals surface area contributed by atoms with Crippen LogP contribution in [0.25, 0.3) is 0 Å². The third-order valence-corrected chi connectivity index (χ3v) is 4.47. The van der Waals surface area contributed by atoms with Crippen LogP contribution in [0.15, 0.2) is 23.3 Å². The first-order chi connectivity index (χ1) is 10.6. The lowest BCUT2D eigenvalue weighted by molar-refractivity contribution is -0.373. The van der Waals surface area contributed by atoms with Gasteiger partial charge in [0.2, 0.25) is 0 Å². The topological polar surface area (TPSA) is 40.5 Å². The molecule has 0 aromatic rings. The molecule has 1 rings (SSSR count). The maximum Gasteiger partial charge on any atom is 0.426 e. The number of hydrogen-bond acceptors (Lipinski definition) is 2. The number of rotatable bonds is 4. The Bertz CT molecular complexity index is 500. The van der Waals surface area contributed by atoms with Crippen molar-refractivity contribution in [3.63, 3.8) is 0 Å². The fraction of sp³-hybridized carbons (Fsp3) is 0.750. The normalized spacial score (nSPS) is 21.5. The molecule has 1 aliphatic rings. The molecule has 0 fully saturated rings. The number of aliphatic hydroxyl groups is 2. The van der Waals surface area contributed by atoms with Crippen LogP contribution in [-0.2, 0) is 0 Å². The van der Waals surface area contributed by atoms with E-state index < -0.39 is 30.5 Å². The molecular weight excluding hydrogens is 338 g/mol. The van der Waals surface area contributed by atoms with E-state index in [0.29, 0.717) is 0 Å². The Hall–Kier alpha value is -1.02. The molecule has 2 nitrogen and oxygen atoms in total. The van der Waals surface area contributed by atoms with E-state index in [2.05, 4.69) is 0 Å². The molecule has 0 amide bonds. The Morgan fingerprint density at radius 2 is 1.62 bits per heavy atom. The second kappa shape index (κ2) is 6.71. The van der Waals surface area contributed by atoms with Crippen molar-refractivity contribution in [1.29, 1.82) is 0 Å². The van der Waals surface area contributed by atoms with Crippen LogP contribution < -0.4 is 0 Å². The fourth-order valence-electron chi connectivity index (χ4n) is 2.98. The van der Waals surface area contributed by atoms with Gasteiger partial charge >= 0.3 is 12.4 Å². The van der Waals surface area contributed by atoms with E-state index in [9.17, 15) is 31.4 Å². The molecule has 2 N–H and O–H groups in total. The number of alkyl halides is 6. The maximum absolute atomic E-state index is 12.6. The first-order valence-electron chi connectivity index (χ1n) is 7.54. The van der Waals surface area contributed by atoms with Crippen molar-refractivity contribution in [1.82, 2.24) is 0 Å². The second-order valence-corrected chi connectivity index (χ2v) is 6.92. The lowest BCUT2D eigenvalue weighted by Crippen LogP contribution is -2.58. The molecule has 0 aromatic heterocycles. The Balaban J connectivity index is 3.01. The van der Waals surface area contributed by atoms with Crippen LogP contribution in [0.2, 0.25) is 0 Å². The van der Waals surface area contributed by atoms with Gasteiger partial charge in [-0.3, -0.25) is 0 Å². The quantitative estimate of drug-likeness (QED) is 0.715. The summed E-state index contributed by atoms with van der Waals surface area (Å²) in [6.45, 7) is 5.68. The van der Waals surface area contributed by atoms with Crippen molar-refractivity contribution in [2.45, 2.75) is 70.5 Å². The standard InChI is InChI=1S/C16H22F6O2/c1-10-5-4-8-13(2,3)12(10)7-6-11(23)9-14(24,15(17,18)19)16(20,21)22/h6-7,11,23-24H,4-5,8-9H2,1-3H3. The first kappa shape index (κ1) is 21.0. The zero-order valence-electron chi connectivity index (χ0n) is 13.7. The SMILES string of the molecule is CC1=C(C=CC(O)CC(O)(C(F)(F)F)C(F)(F)F)C(C)(C)CCC1. The minimum atomic E-state index is -5.93. The summed E-state index contributed by atoms with van der Waals surface area (Å²) in [5.41, 5.74) is -3.45. The van der Waals surface area contributed by atoms with E-state index in [1.165, 1.54) is 6.08 Å². The van der Waals surface area contributed by atoms with Crippen LogP contribution in [0.5, 0.6) is 0 Å². The monoisotopic (exact) mass is 360 g/mol. The summed E-state index contributed by atoms with van der Waals surface area (Å²) >= 11 is 0. The van der Waals surface area contributed by atoms with Gasteiger partial charge in [-0.15, -0.1) is 0 Å². The Morgan fingerprint density at radius 1 is 1.12 bits per heavy atom. The van der Waals surface area contributed by atoms with Gasteiger partial charge in [0.05, 0.1) is 6.10 Å². The van der Waals surface area contributed by atoms with Gasteiger partial charge in [0, 0.05) is 6.42 Å². The van der Waals surface area contributed by atoms with Gasteiger partial charge in [0.25, 0.3) is 5.60 Å². The second-order valence-electron chi connectivity index (χ2n) is 6.92. The summed E-state index contributed by atoms with van der Waals surface area (Å²) in [5, 5.41) is 18.7. The van der Waals surface area contributed by atoms with Gasteiger partial charge in [-0.25, -0.2) is 0 Å². The largest absolute Gasteiger partial charge is 0.426 e. The average molecular weight is 360 g/mol. The van der Waals surface area contributed by atoms with Gasteiger partial charge < -0.3 is 10.2 Å². The summed E-state index contributed by atoms with van der Waals surface area (Å²) in [4.78, 5) is 0. The lowest BCUT2D eigenvalue weighted by atomic mass is 9.72. The Kier molecular flexibility index (Phi) is 5.88. The minimum absolute atomic E-state index is 0.275. The molecular formula is C16H22F6O2. The highest BCUT2D eigenvalue weighted by molar-refractivity contribution is 5.33. The lowest BCUT2D eigenvalue weighted by Gasteiger charge is -2.34. The van der Waals surface area contributed by atoms with Crippen LogP contribution >= 0.6 is 0 Å². The molecule has 0 saturated carbocycles. The maximum atomic E-state index is 12.6. The van der Waals surface area contributed by atoms with Crippen molar-refractivity contribution in [3.05, 3.63) is 23.3 Å². The molecule has 1 aliphatic carbocycles. The number of hydrogen-bond donors (Lipinski definition) is 2. The van der Waals surface area contributed by atoms with Gasteiger partial charge in [0.15, 0.2) is 0 Å². The predicted octanol–water partition coefficient (Wildman–Crippen LogP) is 4.68. The molecule has 0 bridgehead atoms. The fourth-order valence-corrected chi connectivity index (χ4v) is 2.98. The molecule has 1 unspecified atom stereocenters. The summed E-state index contributed by atoms with van der Waals surface area (Å²) in [5.74, 6) is 0. The molecule has 0 aromatic carbocycles. The highest BCUT2D eigenvalue weighted by atomic mass is 19.4. The van der Waals surface area contributed by atoms with Crippen molar-refractivity contribution in [3.8, 4) is 0 Å². The number of allylic oxidation sites excluding steroid dienone is 3. The first-order valence-corrected chi connectivity index (χ1v) is 7.54. The van der Waals surface area contributed by atoms with Crippen molar-refractivity contribution in [2.75, 3.05) is 0 Å². The molecule has 0 spiro atoms. The summed E-state index contributed by atoms with van der Waals surface area (Å²) in [6.07, 6.45) is -11.0. The Morgan fingerprint density at radius 3 is 2.04 bits per heavy atom. The molecule has 0 aliphatic heterocycles. The molecule has 0 heterocycles. The van der Waals surface area contributed by atoms with E-state index in [1.807, 2.05) is 20.8 Å². The van der Waals surface area contributed by atoms with Gasteiger partial charge in [0.1, 0.15) is 0 Å². The van der Waals surface area contributed by atoms with E-state index >= 15 is 0 Å². The van der Waals surface area contributed by atoms with Crippen molar-refractivity contribution < 1.29 is 36.6 Å². The molecule has 8 heteroatoms. The minimum Gasteiger partial charge on any atom is -0.389 e. The number of halogens is 6. The third kappa shape index (κ3) is 4.33. The van der Waals surface area contributed by atoms with E-state index in [4.69, 9.17) is 5.11 Å². The highest BCUT2D eigenvalue weighted by Crippen LogP contribution is 2.46. The molecule has 140 valence electrons. The van der Waals surface area contributed by atoms with E-state index in [0.717, 1.165) is 36.5 Å². The van der Waals surface area contributed by atoms with Crippen LogP contribution in [0.1, 0.15) is 46.5 Å². The number of aliphatic hydroxyl groups excluding tert-OH is 1. The van der Waals surface area contributed by atoms with Crippen molar-refractivity contribution >= 4 is 0 Å². The van der Waals surface area contributed by atoms with Gasteiger partial charge in [-0.1, -0.05) is 31.6 Å². The Labute approximate surface area is 136 Å². The molecule has 0 saturated heterocycles.